The maximum absolute atomic E-state index is 12.4. The summed E-state index contributed by atoms with van der Waals surface area (Å²) in [6, 6.07) is 10.7. The molecule has 6 nitrogen and oxygen atoms in total. The summed E-state index contributed by atoms with van der Waals surface area (Å²) in [5, 5.41) is 5.57. The second-order valence-corrected chi connectivity index (χ2v) is 6.47. The third-order valence-electron chi connectivity index (χ3n) is 4.17. The quantitative estimate of drug-likeness (QED) is 0.623. The fourth-order valence-electron chi connectivity index (χ4n) is 2.63. The Bertz CT molecular complexity index is 890. The van der Waals surface area contributed by atoms with Crippen LogP contribution in [0, 0.1) is 6.92 Å². The molecule has 0 atom stereocenters. The van der Waals surface area contributed by atoms with Crippen molar-refractivity contribution >= 4 is 23.6 Å². The van der Waals surface area contributed by atoms with Crippen molar-refractivity contribution in [2.45, 2.75) is 27.2 Å². The molecule has 0 radical (unpaired) electrons. The van der Waals surface area contributed by atoms with Crippen LogP contribution in [0.5, 0.6) is 11.5 Å². The maximum Gasteiger partial charge on any atom is 0.251 e. The summed E-state index contributed by atoms with van der Waals surface area (Å²) in [4.78, 5) is 24.4. The number of carbonyl (C=O) groups excluding carboxylic acids is 2. The molecular formula is C23H28N2O4. The minimum absolute atomic E-state index is 0.170. The van der Waals surface area contributed by atoms with Gasteiger partial charge in [0.1, 0.15) is 0 Å². The standard InChI is InChI=1S/C23H28N2O4/c1-5-13-29-20-11-8-17(14-21(20)28-4)9-12-22(26)25-19-15-18(10-7-16(19)3)23(27)24-6-2/h7-12,14-15H,5-6,13H2,1-4H3,(H,24,27)(H,25,26)/b12-9+. The number of nitrogens with one attached hydrogen (secondary N) is 2. The monoisotopic (exact) mass is 396 g/mol. The molecule has 154 valence electrons. The molecule has 0 saturated heterocycles. The van der Waals surface area contributed by atoms with Crippen LogP contribution in [0.1, 0.15) is 41.8 Å². The van der Waals surface area contributed by atoms with Crippen molar-refractivity contribution in [1.82, 2.24) is 5.32 Å². The number of rotatable bonds is 9. The van der Waals surface area contributed by atoms with Crippen LogP contribution < -0.4 is 20.1 Å². The molecule has 2 N–H and O–H groups in total. The van der Waals surface area contributed by atoms with Gasteiger partial charge < -0.3 is 20.1 Å². The summed E-state index contributed by atoms with van der Waals surface area (Å²) < 4.78 is 11.0. The van der Waals surface area contributed by atoms with Gasteiger partial charge in [-0.1, -0.05) is 19.1 Å². The van der Waals surface area contributed by atoms with Gasteiger partial charge in [-0.15, -0.1) is 0 Å². The van der Waals surface area contributed by atoms with Gasteiger partial charge in [0.15, 0.2) is 11.5 Å². The molecule has 0 saturated carbocycles. The lowest BCUT2D eigenvalue weighted by Gasteiger charge is -2.11. The van der Waals surface area contributed by atoms with Crippen molar-refractivity contribution in [3.63, 3.8) is 0 Å². The first-order valence-electron chi connectivity index (χ1n) is 9.67. The fourth-order valence-corrected chi connectivity index (χ4v) is 2.63. The van der Waals surface area contributed by atoms with Crippen molar-refractivity contribution in [3.05, 3.63) is 59.2 Å². The number of ether oxygens (including phenoxy) is 2. The maximum atomic E-state index is 12.4. The SMILES string of the molecule is CCCOc1ccc(/C=C/C(=O)Nc2cc(C(=O)NCC)ccc2C)cc1OC. The molecule has 0 fully saturated rings. The number of benzene rings is 2. The predicted octanol–water partition coefficient (Wildman–Crippen LogP) is 4.19. The Balaban J connectivity index is 2.10. The van der Waals surface area contributed by atoms with Crippen molar-refractivity contribution in [1.29, 1.82) is 0 Å². The number of aryl methyl sites for hydroxylation is 1. The molecule has 0 aromatic heterocycles. The van der Waals surface area contributed by atoms with E-state index in [4.69, 9.17) is 9.47 Å². The van der Waals surface area contributed by atoms with Gasteiger partial charge in [0, 0.05) is 23.9 Å². The highest BCUT2D eigenvalue weighted by Crippen LogP contribution is 2.28. The summed E-state index contributed by atoms with van der Waals surface area (Å²) in [6.45, 7) is 6.93. The minimum atomic E-state index is -0.286. The Kier molecular flexibility index (Phi) is 8.27. The zero-order valence-corrected chi connectivity index (χ0v) is 17.4. The molecule has 6 heteroatoms. The van der Waals surface area contributed by atoms with Crippen LogP contribution in [-0.2, 0) is 4.79 Å². The van der Waals surface area contributed by atoms with Gasteiger partial charge in [-0.2, -0.15) is 0 Å². The zero-order valence-electron chi connectivity index (χ0n) is 17.4. The lowest BCUT2D eigenvalue weighted by Crippen LogP contribution is -2.23. The van der Waals surface area contributed by atoms with Crippen LogP contribution in [0.2, 0.25) is 0 Å². The highest BCUT2D eigenvalue weighted by molar-refractivity contribution is 6.03. The van der Waals surface area contributed by atoms with Crippen LogP contribution in [0.25, 0.3) is 6.08 Å². The van der Waals surface area contributed by atoms with Crippen molar-refractivity contribution in [3.8, 4) is 11.5 Å². The summed E-state index contributed by atoms with van der Waals surface area (Å²) in [6.07, 6.45) is 4.05. The molecule has 2 rings (SSSR count). The summed E-state index contributed by atoms with van der Waals surface area (Å²) in [7, 11) is 1.58. The van der Waals surface area contributed by atoms with E-state index in [0.29, 0.717) is 35.9 Å². The molecule has 29 heavy (non-hydrogen) atoms. The summed E-state index contributed by atoms with van der Waals surface area (Å²) in [5.74, 6) is 0.836. The topological polar surface area (TPSA) is 76.7 Å². The second kappa shape index (κ2) is 10.9. The van der Waals surface area contributed by atoms with Gasteiger partial charge in [0.2, 0.25) is 5.91 Å². The van der Waals surface area contributed by atoms with Crippen molar-refractivity contribution in [2.75, 3.05) is 25.6 Å². The Morgan fingerprint density at radius 1 is 1.07 bits per heavy atom. The average molecular weight is 396 g/mol. The van der Waals surface area contributed by atoms with E-state index in [9.17, 15) is 9.59 Å². The molecule has 0 bridgehead atoms. The van der Waals surface area contributed by atoms with Crippen LogP contribution >= 0.6 is 0 Å². The number of methoxy groups -OCH3 is 1. The molecule has 0 unspecified atom stereocenters. The van der Waals surface area contributed by atoms with Crippen LogP contribution in [-0.4, -0.2) is 32.1 Å². The minimum Gasteiger partial charge on any atom is -0.493 e. The zero-order chi connectivity index (χ0) is 21.2. The van der Waals surface area contributed by atoms with Crippen molar-refractivity contribution < 1.29 is 19.1 Å². The number of carbonyl (C=O) groups is 2. The number of hydrogen-bond donors (Lipinski definition) is 2. The van der Waals surface area contributed by atoms with Gasteiger partial charge in [-0.3, -0.25) is 9.59 Å². The van der Waals surface area contributed by atoms with Gasteiger partial charge in [0.05, 0.1) is 13.7 Å². The first kappa shape index (κ1) is 22.0. The summed E-state index contributed by atoms with van der Waals surface area (Å²) in [5.41, 5.74) is 2.79. The van der Waals surface area contributed by atoms with E-state index in [-0.39, 0.29) is 11.8 Å². The Labute approximate surface area is 171 Å². The third kappa shape index (κ3) is 6.38. The van der Waals surface area contributed by atoms with E-state index in [2.05, 4.69) is 10.6 Å². The van der Waals surface area contributed by atoms with Gasteiger partial charge >= 0.3 is 0 Å². The highest BCUT2D eigenvalue weighted by Gasteiger charge is 2.09. The van der Waals surface area contributed by atoms with E-state index in [1.807, 2.05) is 45.0 Å². The molecule has 0 spiro atoms. The van der Waals surface area contributed by atoms with E-state index in [0.717, 1.165) is 17.5 Å². The Morgan fingerprint density at radius 2 is 1.86 bits per heavy atom. The van der Waals surface area contributed by atoms with E-state index < -0.39 is 0 Å². The van der Waals surface area contributed by atoms with E-state index in [1.54, 1.807) is 25.3 Å². The molecule has 0 heterocycles. The fraction of sp³-hybridized carbons (Fsp3) is 0.304. The molecule has 0 aliphatic carbocycles. The normalized spacial score (nSPS) is 10.6. The third-order valence-corrected chi connectivity index (χ3v) is 4.17. The van der Waals surface area contributed by atoms with Crippen molar-refractivity contribution in [2.24, 2.45) is 0 Å². The van der Waals surface area contributed by atoms with E-state index in [1.165, 1.54) is 6.08 Å². The molecular weight excluding hydrogens is 368 g/mol. The second-order valence-electron chi connectivity index (χ2n) is 6.47. The van der Waals surface area contributed by atoms with Crippen LogP contribution in [0.4, 0.5) is 5.69 Å². The van der Waals surface area contributed by atoms with Gasteiger partial charge in [-0.05, 0) is 61.7 Å². The molecule has 0 aliphatic rings. The smallest absolute Gasteiger partial charge is 0.251 e. The lowest BCUT2D eigenvalue weighted by molar-refractivity contribution is -0.111. The molecule has 2 aromatic rings. The van der Waals surface area contributed by atoms with Gasteiger partial charge in [-0.25, -0.2) is 0 Å². The highest BCUT2D eigenvalue weighted by atomic mass is 16.5. The first-order chi connectivity index (χ1) is 14.0. The molecule has 2 amide bonds. The summed E-state index contributed by atoms with van der Waals surface area (Å²) >= 11 is 0. The lowest BCUT2D eigenvalue weighted by atomic mass is 10.1. The average Bonchev–Trinajstić information content (AvgIpc) is 2.72. The molecule has 2 aromatic carbocycles. The largest absolute Gasteiger partial charge is 0.493 e. The van der Waals surface area contributed by atoms with Crippen LogP contribution in [0.3, 0.4) is 0 Å². The van der Waals surface area contributed by atoms with Gasteiger partial charge in [0.25, 0.3) is 5.91 Å². The predicted molar refractivity (Wildman–Crippen MR) is 116 cm³/mol. The number of hydrogen-bond acceptors (Lipinski definition) is 4. The van der Waals surface area contributed by atoms with Crippen LogP contribution in [0.15, 0.2) is 42.5 Å². The first-order valence-corrected chi connectivity index (χ1v) is 9.67. The van der Waals surface area contributed by atoms with E-state index >= 15 is 0 Å². The Morgan fingerprint density at radius 3 is 2.55 bits per heavy atom. The Hall–Kier alpha value is -3.28. The number of anilines is 1. The molecule has 0 aliphatic heterocycles. The number of amides is 2.